The lowest BCUT2D eigenvalue weighted by molar-refractivity contribution is -0.137. The first kappa shape index (κ1) is 24.5. The van der Waals surface area contributed by atoms with Crippen LogP contribution in [0.1, 0.15) is 24.4 Å². The Bertz CT molecular complexity index is 921. The molecule has 32 heavy (non-hydrogen) atoms. The van der Waals surface area contributed by atoms with Gasteiger partial charge in [-0.15, -0.1) is 10.2 Å². The van der Waals surface area contributed by atoms with E-state index in [0.29, 0.717) is 32.2 Å². The smallest absolute Gasteiger partial charge is 0.242 e. The Morgan fingerprint density at radius 2 is 2.12 bits per heavy atom. The highest BCUT2D eigenvalue weighted by molar-refractivity contribution is 8.01. The second-order valence-electron chi connectivity index (χ2n) is 8.13. The van der Waals surface area contributed by atoms with E-state index in [9.17, 15) is 9.59 Å². The molecular weight excluding hydrogens is 448 g/mol. The molecule has 1 aliphatic rings. The van der Waals surface area contributed by atoms with Crippen LogP contribution in [0.25, 0.3) is 0 Å². The zero-order valence-corrected chi connectivity index (χ0v) is 20.6. The lowest BCUT2D eigenvalue weighted by atomic mass is 10.2. The second-order valence-corrected chi connectivity index (χ2v) is 10.5. The number of rotatable bonds is 9. The van der Waals surface area contributed by atoms with Crippen molar-refractivity contribution in [2.75, 3.05) is 39.0 Å². The molecule has 2 heterocycles. The van der Waals surface area contributed by atoms with Gasteiger partial charge in [-0.05, 0) is 30.5 Å². The molecule has 8 nitrogen and oxygen atoms in total. The summed E-state index contributed by atoms with van der Waals surface area (Å²) in [5, 5.41) is 8.90. The van der Waals surface area contributed by atoms with E-state index in [2.05, 4.69) is 24.0 Å². The molecule has 0 unspecified atom stereocenters. The lowest BCUT2D eigenvalue weighted by Crippen LogP contribution is -2.41. The Kier molecular flexibility index (Phi) is 8.89. The standard InChI is InChI=1S/C22H30N4O4S2/c1-15(2)9-25-10-19(30-13-17-6-5-7-18(8-17)29-4)11-26(12-20(25)27)21(28)14-31-22-24-23-16(3)32-22/h5-8,15,19H,9-14H2,1-4H3/t19-/m1/s1. The number of nitrogens with zero attached hydrogens (tertiary/aromatic N) is 4. The first-order chi connectivity index (χ1) is 15.3. The number of hydrogen-bond donors (Lipinski definition) is 0. The maximum Gasteiger partial charge on any atom is 0.242 e. The fourth-order valence-corrected chi connectivity index (χ4v) is 5.14. The molecule has 0 radical (unpaired) electrons. The molecule has 174 valence electrons. The molecule has 3 rings (SSSR count). The summed E-state index contributed by atoms with van der Waals surface area (Å²) < 4.78 is 12.2. The van der Waals surface area contributed by atoms with Crippen molar-refractivity contribution in [3.8, 4) is 5.75 Å². The van der Waals surface area contributed by atoms with Crippen molar-refractivity contribution >= 4 is 34.9 Å². The Morgan fingerprint density at radius 3 is 2.81 bits per heavy atom. The van der Waals surface area contributed by atoms with Gasteiger partial charge >= 0.3 is 0 Å². The number of ether oxygens (including phenoxy) is 2. The number of aromatic nitrogens is 2. The van der Waals surface area contributed by atoms with Crippen LogP contribution >= 0.6 is 23.1 Å². The molecule has 1 aliphatic heterocycles. The molecule has 1 aromatic carbocycles. The van der Waals surface area contributed by atoms with E-state index in [1.807, 2.05) is 36.1 Å². The van der Waals surface area contributed by atoms with Crippen molar-refractivity contribution in [2.24, 2.45) is 5.92 Å². The molecule has 1 atom stereocenters. The van der Waals surface area contributed by atoms with E-state index in [-0.39, 0.29) is 30.2 Å². The maximum absolute atomic E-state index is 12.9. The van der Waals surface area contributed by atoms with Crippen molar-refractivity contribution in [1.29, 1.82) is 0 Å². The predicted octanol–water partition coefficient (Wildman–Crippen LogP) is 2.86. The minimum absolute atomic E-state index is 0.0451. The fourth-order valence-electron chi connectivity index (χ4n) is 3.42. The fraction of sp³-hybridized carbons (Fsp3) is 0.545. The number of carbonyl (C=O) groups excluding carboxylic acids is 2. The Morgan fingerprint density at radius 1 is 1.31 bits per heavy atom. The summed E-state index contributed by atoms with van der Waals surface area (Å²) >= 11 is 2.81. The van der Waals surface area contributed by atoms with E-state index in [1.54, 1.807) is 12.0 Å². The third-order valence-electron chi connectivity index (χ3n) is 4.91. The molecule has 1 saturated heterocycles. The monoisotopic (exact) mass is 478 g/mol. The van der Waals surface area contributed by atoms with E-state index >= 15 is 0 Å². The topological polar surface area (TPSA) is 84.9 Å². The molecule has 0 aliphatic carbocycles. The molecule has 1 fully saturated rings. The largest absolute Gasteiger partial charge is 0.497 e. The maximum atomic E-state index is 12.9. The Balaban J connectivity index is 1.67. The Hall–Kier alpha value is -2.17. The Labute approximate surface area is 197 Å². The van der Waals surface area contributed by atoms with Gasteiger partial charge in [-0.25, -0.2) is 0 Å². The summed E-state index contributed by atoms with van der Waals surface area (Å²) in [5.74, 6) is 1.17. The minimum atomic E-state index is -0.274. The quantitative estimate of drug-likeness (QED) is 0.512. The SMILES string of the molecule is COc1cccc(CO[C@H]2CN(C(=O)CSc3nnc(C)s3)CC(=O)N(CC(C)C)C2)c1. The number of benzene rings is 1. The zero-order valence-electron chi connectivity index (χ0n) is 18.9. The normalized spacial score (nSPS) is 17.0. The van der Waals surface area contributed by atoms with E-state index in [4.69, 9.17) is 9.47 Å². The van der Waals surface area contributed by atoms with Gasteiger partial charge in [-0.3, -0.25) is 9.59 Å². The van der Waals surface area contributed by atoms with Crippen LogP contribution in [0.2, 0.25) is 0 Å². The third kappa shape index (κ3) is 7.18. The van der Waals surface area contributed by atoms with E-state index < -0.39 is 0 Å². The molecule has 0 N–H and O–H groups in total. The van der Waals surface area contributed by atoms with Crippen molar-refractivity contribution < 1.29 is 19.1 Å². The zero-order chi connectivity index (χ0) is 23.1. The van der Waals surface area contributed by atoms with E-state index in [1.165, 1.54) is 23.1 Å². The van der Waals surface area contributed by atoms with Gasteiger partial charge in [0.05, 0.1) is 32.1 Å². The number of aryl methyl sites for hydroxylation is 1. The summed E-state index contributed by atoms with van der Waals surface area (Å²) in [7, 11) is 1.63. The van der Waals surface area contributed by atoms with Crippen molar-refractivity contribution in [2.45, 2.75) is 37.8 Å². The summed E-state index contributed by atoms with van der Waals surface area (Å²) in [6.45, 7) is 7.96. The van der Waals surface area contributed by atoms with Gasteiger partial charge in [0.1, 0.15) is 10.8 Å². The van der Waals surface area contributed by atoms with Gasteiger partial charge < -0.3 is 19.3 Å². The van der Waals surface area contributed by atoms with Crippen LogP contribution in [-0.4, -0.2) is 77.0 Å². The molecule has 2 aromatic rings. The first-order valence-electron chi connectivity index (χ1n) is 10.6. The lowest BCUT2D eigenvalue weighted by Gasteiger charge is -2.26. The number of amides is 2. The van der Waals surface area contributed by atoms with Crippen LogP contribution in [0.5, 0.6) is 5.75 Å². The van der Waals surface area contributed by atoms with Gasteiger partial charge in [0.15, 0.2) is 4.34 Å². The highest BCUT2D eigenvalue weighted by atomic mass is 32.2. The van der Waals surface area contributed by atoms with Crippen LogP contribution in [0, 0.1) is 12.8 Å². The molecule has 0 saturated carbocycles. The van der Waals surface area contributed by atoms with Gasteiger partial charge in [0, 0.05) is 19.6 Å². The molecular formula is C22H30N4O4S2. The summed E-state index contributed by atoms with van der Waals surface area (Å²) in [5.41, 5.74) is 0.982. The van der Waals surface area contributed by atoms with Gasteiger partial charge in [0.2, 0.25) is 11.8 Å². The number of thioether (sulfide) groups is 1. The second kappa shape index (κ2) is 11.6. The first-order valence-corrected chi connectivity index (χ1v) is 12.4. The summed E-state index contributed by atoms with van der Waals surface area (Å²) in [4.78, 5) is 29.2. The third-order valence-corrected chi connectivity index (χ3v) is 6.87. The van der Waals surface area contributed by atoms with Crippen LogP contribution in [0.4, 0.5) is 0 Å². The average Bonchev–Trinajstić information content (AvgIpc) is 3.12. The molecule has 10 heteroatoms. The molecule has 2 amide bonds. The van der Waals surface area contributed by atoms with Crippen molar-refractivity contribution in [3.05, 3.63) is 34.8 Å². The minimum Gasteiger partial charge on any atom is -0.497 e. The average molecular weight is 479 g/mol. The van der Waals surface area contributed by atoms with Crippen LogP contribution in [0.3, 0.4) is 0 Å². The highest BCUT2D eigenvalue weighted by Gasteiger charge is 2.31. The van der Waals surface area contributed by atoms with Gasteiger partial charge in [0.25, 0.3) is 0 Å². The molecule has 1 aromatic heterocycles. The number of hydrogen-bond acceptors (Lipinski definition) is 8. The van der Waals surface area contributed by atoms with Gasteiger partial charge in [-0.1, -0.05) is 49.1 Å². The van der Waals surface area contributed by atoms with E-state index in [0.717, 1.165) is 20.7 Å². The summed E-state index contributed by atoms with van der Waals surface area (Å²) in [6, 6.07) is 7.70. The number of methoxy groups -OCH3 is 1. The highest BCUT2D eigenvalue weighted by Crippen LogP contribution is 2.23. The number of carbonyl (C=O) groups is 2. The van der Waals surface area contributed by atoms with Crippen LogP contribution in [-0.2, 0) is 20.9 Å². The van der Waals surface area contributed by atoms with Crippen molar-refractivity contribution in [3.63, 3.8) is 0 Å². The van der Waals surface area contributed by atoms with Crippen LogP contribution < -0.4 is 4.74 Å². The summed E-state index contributed by atoms with van der Waals surface area (Å²) in [6.07, 6.45) is -0.274. The molecule has 0 spiro atoms. The van der Waals surface area contributed by atoms with Crippen LogP contribution in [0.15, 0.2) is 28.6 Å². The van der Waals surface area contributed by atoms with Gasteiger partial charge in [-0.2, -0.15) is 0 Å². The van der Waals surface area contributed by atoms with Crippen molar-refractivity contribution in [1.82, 2.24) is 20.0 Å². The molecule has 0 bridgehead atoms. The predicted molar refractivity (Wildman–Crippen MR) is 125 cm³/mol.